The van der Waals surface area contributed by atoms with Crippen LogP contribution in [0.25, 0.3) is 0 Å². The van der Waals surface area contributed by atoms with E-state index in [1.54, 1.807) is 0 Å². The lowest BCUT2D eigenvalue weighted by Gasteiger charge is -2.12. The molecule has 0 aliphatic heterocycles. The molecule has 0 saturated carbocycles. The highest BCUT2D eigenvalue weighted by atomic mass is 16.4. The highest BCUT2D eigenvalue weighted by molar-refractivity contribution is 6.18. The molecule has 0 bridgehead atoms. The summed E-state index contributed by atoms with van der Waals surface area (Å²) in [4.78, 5) is 23.7. The molecule has 0 radical (unpaired) electrons. The summed E-state index contributed by atoms with van der Waals surface area (Å²) < 4.78 is 0. The standard InChI is InChI=1S/C24H44O5/c1-3-5-7-9-10-11-12-13-15-17-19-21(26)23(27)22(24(28)29)20(25)18-16-14-8-6-4-2/h21,25-26H,3-19H2,1-2H3,(H,28,29). The summed E-state index contributed by atoms with van der Waals surface area (Å²) in [6, 6.07) is 0. The van der Waals surface area contributed by atoms with E-state index in [1.807, 2.05) is 0 Å². The van der Waals surface area contributed by atoms with Crippen molar-refractivity contribution in [3.63, 3.8) is 0 Å². The maximum atomic E-state index is 12.3. The molecule has 0 aromatic heterocycles. The number of carbonyl (C=O) groups excluding carboxylic acids is 1. The first kappa shape index (κ1) is 27.6. The summed E-state index contributed by atoms with van der Waals surface area (Å²) >= 11 is 0. The van der Waals surface area contributed by atoms with Crippen LogP contribution in [-0.4, -0.2) is 33.2 Å². The van der Waals surface area contributed by atoms with Gasteiger partial charge in [0.25, 0.3) is 0 Å². The van der Waals surface area contributed by atoms with Crippen LogP contribution in [0.1, 0.15) is 123 Å². The fourth-order valence-corrected chi connectivity index (χ4v) is 3.51. The Bertz CT molecular complexity index is 470. The van der Waals surface area contributed by atoms with Gasteiger partial charge >= 0.3 is 5.97 Å². The molecule has 5 heteroatoms. The van der Waals surface area contributed by atoms with E-state index in [2.05, 4.69) is 13.8 Å². The molecule has 3 N–H and O–H groups in total. The molecule has 170 valence electrons. The third kappa shape index (κ3) is 14.3. The van der Waals surface area contributed by atoms with Gasteiger partial charge in [-0.1, -0.05) is 104 Å². The highest BCUT2D eigenvalue weighted by Gasteiger charge is 2.28. The largest absolute Gasteiger partial charge is 0.511 e. The summed E-state index contributed by atoms with van der Waals surface area (Å²) in [7, 11) is 0. The number of Topliss-reactive ketones (excluding diaryl/α,β-unsaturated/α-hetero) is 1. The topological polar surface area (TPSA) is 94.8 Å². The SMILES string of the molecule is CCCCCCCCCCCCC(O)C(=O)C(C(=O)O)=C(O)CCCCCCC. The zero-order chi connectivity index (χ0) is 21.9. The minimum Gasteiger partial charge on any atom is -0.511 e. The Balaban J connectivity index is 4.17. The van der Waals surface area contributed by atoms with Gasteiger partial charge in [0.1, 0.15) is 17.4 Å². The monoisotopic (exact) mass is 412 g/mol. The van der Waals surface area contributed by atoms with E-state index in [1.165, 1.54) is 38.5 Å². The van der Waals surface area contributed by atoms with Crippen LogP contribution < -0.4 is 0 Å². The molecule has 0 aromatic rings. The van der Waals surface area contributed by atoms with E-state index in [4.69, 9.17) is 0 Å². The Hall–Kier alpha value is -1.36. The zero-order valence-corrected chi connectivity index (χ0v) is 18.8. The van der Waals surface area contributed by atoms with Crippen LogP contribution in [0.3, 0.4) is 0 Å². The van der Waals surface area contributed by atoms with Gasteiger partial charge in [-0.2, -0.15) is 0 Å². The number of unbranched alkanes of at least 4 members (excludes halogenated alkanes) is 13. The van der Waals surface area contributed by atoms with Gasteiger partial charge in [0.2, 0.25) is 5.78 Å². The summed E-state index contributed by atoms with van der Waals surface area (Å²) in [5.41, 5.74) is -0.639. The molecule has 5 nitrogen and oxygen atoms in total. The smallest absolute Gasteiger partial charge is 0.342 e. The van der Waals surface area contributed by atoms with Crippen molar-refractivity contribution in [3.05, 3.63) is 11.3 Å². The van der Waals surface area contributed by atoms with E-state index in [0.29, 0.717) is 12.8 Å². The quantitative estimate of drug-likeness (QED) is 0.0699. The fraction of sp³-hybridized carbons (Fsp3) is 0.833. The molecule has 0 spiro atoms. The number of aliphatic hydroxyl groups is 2. The van der Waals surface area contributed by atoms with Gasteiger partial charge in [-0.15, -0.1) is 0 Å². The van der Waals surface area contributed by atoms with Crippen LogP contribution in [0.15, 0.2) is 11.3 Å². The molecule has 0 aliphatic carbocycles. The van der Waals surface area contributed by atoms with Crippen molar-refractivity contribution in [1.29, 1.82) is 0 Å². The normalized spacial score (nSPS) is 13.2. The van der Waals surface area contributed by atoms with E-state index < -0.39 is 29.2 Å². The number of allylic oxidation sites excluding steroid dienone is 1. The summed E-state index contributed by atoms with van der Waals surface area (Å²) in [6.45, 7) is 4.32. The number of aliphatic hydroxyl groups excluding tert-OH is 2. The molecule has 0 rings (SSSR count). The van der Waals surface area contributed by atoms with Gasteiger partial charge in [0.05, 0.1) is 0 Å². The van der Waals surface area contributed by atoms with Crippen molar-refractivity contribution in [3.8, 4) is 0 Å². The van der Waals surface area contributed by atoms with Crippen LogP contribution in [0.2, 0.25) is 0 Å². The minimum atomic E-state index is -1.46. The van der Waals surface area contributed by atoms with E-state index in [0.717, 1.165) is 44.9 Å². The Morgan fingerprint density at radius 3 is 1.52 bits per heavy atom. The van der Waals surface area contributed by atoms with Crippen molar-refractivity contribution >= 4 is 11.8 Å². The summed E-state index contributed by atoms with van der Waals surface area (Å²) in [6.07, 6.45) is 15.4. The Labute approximate surface area is 177 Å². The van der Waals surface area contributed by atoms with Gasteiger partial charge in [0, 0.05) is 6.42 Å². The molecule has 0 amide bonds. The molecule has 29 heavy (non-hydrogen) atoms. The molecule has 0 saturated heterocycles. The third-order valence-electron chi connectivity index (χ3n) is 5.40. The van der Waals surface area contributed by atoms with Crippen molar-refractivity contribution < 1.29 is 24.9 Å². The fourth-order valence-electron chi connectivity index (χ4n) is 3.51. The van der Waals surface area contributed by atoms with Gasteiger partial charge < -0.3 is 15.3 Å². The third-order valence-corrected chi connectivity index (χ3v) is 5.40. The van der Waals surface area contributed by atoms with Crippen LogP contribution in [0, 0.1) is 0 Å². The molecule has 0 heterocycles. The predicted molar refractivity (Wildman–Crippen MR) is 118 cm³/mol. The lowest BCUT2D eigenvalue weighted by Crippen LogP contribution is -2.27. The number of ketones is 1. The Morgan fingerprint density at radius 1 is 0.655 bits per heavy atom. The number of rotatable bonds is 20. The predicted octanol–water partition coefficient (Wildman–Crippen LogP) is 6.48. The van der Waals surface area contributed by atoms with Crippen LogP contribution in [-0.2, 0) is 9.59 Å². The van der Waals surface area contributed by atoms with E-state index >= 15 is 0 Å². The average Bonchev–Trinajstić information content (AvgIpc) is 2.68. The lowest BCUT2D eigenvalue weighted by atomic mass is 9.98. The maximum absolute atomic E-state index is 12.3. The second kappa shape index (κ2) is 18.7. The van der Waals surface area contributed by atoms with Crippen LogP contribution >= 0.6 is 0 Å². The van der Waals surface area contributed by atoms with Crippen LogP contribution in [0.4, 0.5) is 0 Å². The summed E-state index contributed by atoms with van der Waals surface area (Å²) in [5.74, 6) is -2.72. The van der Waals surface area contributed by atoms with E-state index in [9.17, 15) is 24.9 Å². The molecular weight excluding hydrogens is 368 g/mol. The minimum absolute atomic E-state index is 0.169. The zero-order valence-electron chi connectivity index (χ0n) is 18.8. The molecule has 0 fully saturated rings. The van der Waals surface area contributed by atoms with Gasteiger partial charge in [0.15, 0.2) is 0 Å². The van der Waals surface area contributed by atoms with Gasteiger partial charge in [-0.05, 0) is 12.8 Å². The average molecular weight is 413 g/mol. The van der Waals surface area contributed by atoms with Crippen LogP contribution in [0.5, 0.6) is 0 Å². The first-order valence-electron chi connectivity index (χ1n) is 11.8. The van der Waals surface area contributed by atoms with Gasteiger partial charge in [-0.25, -0.2) is 4.79 Å². The number of carbonyl (C=O) groups is 2. The van der Waals surface area contributed by atoms with Gasteiger partial charge in [-0.3, -0.25) is 4.79 Å². The number of aliphatic carboxylic acids is 1. The first-order valence-corrected chi connectivity index (χ1v) is 11.8. The highest BCUT2D eigenvalue weighted by Crippen LogP contribution is 2.18. The maximum Gasteiger partial charge on any atom is 0.342 e. The van der Waals surface area contributed by atoms with Crippen molar-refractivity contribution in [2.75, 3.05) is 0 Å². The molecule has 1 atom stereocenters. The molecular formula is C24H44O5. The lowest BCUT2D eigenvalue weighted by molar-refractivity contribution is -0.136. The number of carboxylic acid groups (broad SMARTS) is 1. The molecule has 0 aliphatic rings. The first-order chi connectivity index (χ1) is 14.0. The molecule has 1 unspecified atom stereocenters. The summed E-state index contributed by atoms with van der Waals surface area (Å²) in [5, 5.41) is 29.5. The number of carboxylic acids is 1. The van der Waals surface area contributed by atoms with E-state index in [-0.39, 0.29) is 12.8 Å². The number of hydrogen-bond donors (Lipinski definition) is 3. The number of hydrogen-bond acceptors (Lipinski definition) is 4. The molecule has 0 aromatic carbocycles. The Morgan fingerprint density at radius 2 is 1.07 bits per heavy atom. The second-order valence-corrected chi connectivity index (χ2v) is 8.14. The van der Waals surface area contributed by atoms with Crippen molar-refractivity contribution in [2.24, 2.45) is 0 Å². The second-order valence-electron chi connectivity index (χ2n) is 8.14. The van der Waals surface area contributed by atoms with Crippen molar-refractivity contribution in [2.45, 2.75) is 129 Å². The Kier molecular flexibility index (Phi) is 17.8. The van der Waals surface area contributed by atoms with Crippen molar-refractivity contribution in [1.82, 2.24) is 0 Å².